The van der Waals surface area contributed by atoms with Crippen LogP contribution in [0.2, 0.25) is 0 Å². The Labute approximate surface area is 128 Å². The minimum Gasteiger partial charge on any atom is -0.310 e. The third kappa shape index (κ3) is 3.19. The standard InChI is InChI=1S/C9H11N5O4S3/c1-13(3-6-4-19-5-11-6)21(17,18)8-2-7(14(15)16)9(12-10)20-8/h2,4-5,12H,3,10H2,1H3. The van der Waals surface area contributed by atoms with Crippen molar-refractivity contribution in [3.8, 4) is 0 Å². The molecular formula is C9H11N5O4S3. The predicted molar refractivity (Wildman–Crippen MR) is 79.6 cm³/mol. The molecule has 0 aromatic carbocycles. The molecule has 0 amide bonds. The monoisotopic (exact) mass is 349 g/mol. The van der Waals surface area contributed by atoms with E-state index in [1.807, 2.05) is 0 Å². The second kappa shape index (κ2) is 6.03. The Kier molecular flexibility index (Phi) is 4.53. The van der Waals surface area contributed by atoms with Gasteiger partial charge in [0.1, 0.15) is 4.21 Å². The Morgan fingerprint density at radius 3 is 2.76 bits per heavy atom. The van der Waals surface area contributed by atoms with Gasteiger partial charge in [0, 0.05) is 18.5 Å². The van der Waals surface area contributed by atoms with Crippen molar-refractivity contribution >= 4 is 43.4 Å². The largest absolute Gasteiger partial charge is 0.310 e. The molecule has 12 heteroatoms. The summed E-state index contributed by atoms with van der Waals surface area (Å²) in [6.07, 6.45) is 0. The molecule has 0 saturated carbocycles. The predicted octanol–water partition coefficient (Wildman–Crippen LogP) is 1.22. The van der Waals surface area contributed by atoms with Gasteiger partial charge in [-0.2, -0.15) is 4.31 Å². The minimum atomic E-state index is -3.84. The zero-order valence-corrected chi connectivity index (χ0v) is 13.2. The molecule has 0 bridgehead atoms. The number of hydrogen-bond donors (Lipinski definition) is 2. The first kappa shape index (κ1) is 15.8. The molecule has 2 heterocycles. The van der Waals surface area contributed by atoms with E-state index < -0.39 is 14.9 Å². The fourth-order valence-electron chi connectivity index (χ4n) is 1.51. The summed E-state index contributed by atoms with van der Waals surface area (Å²) < 4.78 is 25.7. The number of hydrazine groups is 1. The van der Waals surface area contributed by atoms with Crippen LogP contribution in [0.3, 0.4) is 0 Å². The Morgan fingerprint density at radius 2 is 2.29 bits per heavy atom. The highest BCUT2D eigenvalue weighted by atomic mass is 32.2. The van der Waals surface area contributed by atoms with Crippen molar-refractivity contribution in [2.24, 2.45) is 5.84 Å². The van der Waals surface area contributed by atoms with Crippen molar-refractivity contribution in [2.45, 2.75) is 10.8 Å². The molecule has 0 aliphatic carbocycles. The van der Waals surface area contributed by atoms with Crippen LogP contribution in [0.15, 0.2) is 21.2 Å². The molecule has 9 nitrogen and oxygen atoms in total. The summed E-state index contributed by atoms with van der Waals surface area (Å²) in [4.78, 5) is 14.2. The molecule has 0 unspecified atom stereocenters. The van der Waals surface area contributed by atoms with Crippen LogP contribution in [0.4, 0.5) is 10.7 Å². The van der Waals surface area contributed by atoms with Crippen molar-refractivity contribution in [1.29, 1.82) is 0 Å². The minimum absolute atomic E-state index is 0.0133. The number of nitro groups is 1. The summed E-state index contributed by atoms with van der Waals surface area (Å²) in [5.74, 6) is 5.17. The fraction of sp³-hybridized carbons (Fsp3) is 0.222. The van der Waals surface area contributed by atoms with E-state index >= 15 is 0 Å². The molecule has 0 spiro atoms. The highest BCUT2D eigenvalue weighted by Crippen LogP contribution is 2.37. The Morgan fingerprint density at radius 1 is 1.57 bits per heavy atom. The lowest BCUT2D eigenvalue weighted by Gasteiger charge is -2.14. The zero-order valence-electron chi connectivity index (χ0n) is 10.7. The van der Waals surface area contributed by atoms with Gasteiger partial charge in [-0.3, -0.25) is 10.1 Å². The molecule has 0 atom stereocenters. The van der Waals surface area contributed by atoms with Crippen LogP contribution in [0, 0.1) is 10.1 Å². The van der Waals surface area contributed by atoms with Gasteiger partial charge in [-0.1, -0.05) is 11.3 Å². The molecular weight excluding hydrogens is 338 g/mol. The molecule has 21 heavy (non-hydrogen) atoms. The average Bonchev–Trinajstić information content (AvgIpc) is 3.06. The molecule has 2 aromatic rings. The topological polar surface area (TPSA) is 131 Å². The maximum Gasteiger partial charge on any atom is 0.306 e. The quantitative estimate of drug-likeness (QED) is 0.455. The van der Waals surface area contributed by atoms with E-state index in [2.05, 4.69) is 10.4 Å². The molecule has 0 aliphatic rings. The lowest BCUT2D eigenvalue weighted by molar-refractivity contribution is -0.383. The smallest absolute Gasteiger partial charge is 0.306 e. The lowest BCUT2D eigenvalue weighted by Crippen LogP contribution is -2.25. The lowest BCUT2D eigenvalue weighted by atomic mass is 10.5. The first-order valence-corrected chi connectivity index (χ1v) is 8.64. The van der Waals surface area contributed by atoms with E-state index in [0.29, 0.717) is 17.0 Å². The van der Waals surface area contributed by atoms with E-state index in [-0.39, 0.29) is 21.4 Å². The van der Waals surface area contributed by atoms with Gasteiger partial charge >= 0.3 is 5.69 Å². The van der Waals surface area contributed by atoms with Gasteiger partial charge in [0.05, 0.1) is 22.7 Å². The van der Waals surface area contributed by atoms with Crippen LogP contribution in [0.1, 0.15) is 5.69 Å². The summed E-state index contributed by atoms with van der Waals surface area (Å²) in [7, 11) is -2.46. The number of sulfonamides is 1. The van der Waals surface area contributed by atoms with Crippen molar-refractivity contribution < 1.29 is 13.3 Å². The van der Waals surface area contributed by atoms with Gasteiger partial charge < -0.3 is 5.43 Å². The third-order valence-corrected chi connectivity index (χ3v) is 6.49. The average molecular weight is 349 g/mol. The molecule has 2 rings (SSSR count). The number of thiazole rings is 1. The second-order valence-corrected chi connectivity index (χ2v) is 7.96. The van der Waals surface area contributed by atoms with Gasteiger partial charge in [0.15, 0.2) is 5.00 Å². The van der Waals surface area contributed by atoms with Gasteiger partial charge in [-0.05, 0) is 0 Å². The van der Waals surface area contributed by atoms with Gasteiger partial charge in [0.25, 0.3) is 10.0 Å². The Hall–Kier alpha value is -1.60. The van der Waals surface area contributed by atoms with Crippen LogP contribution in [0.25, 0.3) is 0 Å². The number of hydrogen-bond acceptors (Lipinski definition) is 9. The number of nitrogens with zero attached hydrogens (tertiary/aromatic N) is 3. The Balaban J connectivity index is 2.33. The summed E-state index contributed by atoms with van der Waals surface area (Å²) >= 11 is 2.07. The molecule has 0 fully saturated rings. The molecule has 0 radical (unpaired) electrons. The number of aromatic nitrogens is 1. The normalized spacial score (nSPS) is 11.8. The van der Waals surface area contributed by atoms with Crippen LogP contribution in [-0.4, -0.2) is 29.7 Å². The van der Waals surface area contributed by atoms with Gasteiger partial charge in [0.2, 0.25) is 0 Å². The van der Waals surface area contributed by atoms with Crippen molar-refractivity contribution in [3.63, 3.8) is 0 Å². The zero-order chi connectivity index (χ0) is 15.6. The number of anilines is 1. The summed E-state index contributed by atoms with van der Waals surface area (Å²) in [5.41, 5.74) is 3.97. The Bertz CT molecular complexity index is 740. The third-order valence-electron chi connectivity index (χ3n) is 2.55. The maximum atomic E-state index is 12.4. The van der Waals surface area contributed by atoms with Crippen LogP contribution in [-0.2, 0) is 16.6 Å². The van der Waals surface area contributed by atoms with E-state index in [9.17, 15) is 18.5 Å². The summed E-state index contributed by atoms with van der Waals surface area (Å²) in [6.45, 7) is 0.0862. The van der Waals surface area contributed by atoms with Crippen molar-refractivity contribution in [1.82, 2.24) is 9.29 Å². The van der Waals surface area contributed by atoms with Crippen molar-refractivity contribution in [3.05, 3.63) is 32.8 Å². The summed E-state index contributed by atoms with van der Waals surface area (Å²) in [5, 5.41) is 12.6. The van der Waals surface area contributed by atoms with E-state index in [4.69, 9.17) is 5.84 Å². The van der Waals surface area contributed by atoms with Crippen LogP contribution in [0.5, 0.6) is 0 Å². The van der Waals surface area contributed by atoms with Crippen molar-refractivity contribution in [2.75, 3.05) is 12.5 Å². The highest BCUT2D eigenvalue weighted by molar-refractivity contribution is 7.91. The van der Waals surface area contributed by atoms with E-state index in [0.717, 1.165) is 10.4 Å². The first-order chi connectivity index (χ1) is 9.86. The SMILES string of the molecule is CN(Cc1cscn1)S(=O)(=O)c1cc([N+](=O)[O-])c(NN)s1. The van der Waals surface area contributed by atoms with E-state index in [1.54, 1.807) is 10.9 Å². The van der Waals surface area contributed by atoms with Gasteiger partial charge in [-0.25, -0.2) is 19.2 Å². The number of rotatable bonds is 6. The number of thiophene rings is 1. The van der Waals surface area contributed by atoms with Gasteiger partial charge in [-0.15, -0.1) is 11.3 Å². The molecule has 2 aromatic heterocycles. The van der Waals surface area contributed by atoms with E-state index in [1.165, 1.54) is 18.4 Å². The highest BCUT2D eigenvalue weighted by Gasteiger charge is 2.29. The van der Waals surface area contributed by atoms with Crippen LogP contribution < -0.4 is 11.3 Å². The molecule has 0 aliphatic heterocycles. The summed E-state index contributed by atoms with van der Waals surface area (Å²) in [6, 6.07) is 0.993. The molecule has 114 valence electrons. The first-order valence-electron chi connectivity index (χ1n) is 5.44. The number of nitrogens with two attached hydrogens (primary N) is 1. The fourth-order valence-corrected chi connectivity index (χ4v) is 4.65. The molecule has 3 N–H and O–H groups in total. The maximum absolute atomic E-state index is 12.4. The second-order valence-electron chi connectivity index (χ2n) is 3.92. The molecule has 0 saturated heterocycles. The van der Waals surface area contributed by atoms with Crippen LogP contribution >= 0.6 is 22.7 Å². The number of nitrogens with one attached hydrogen (secondary N) is 1. The number of nitrogen functional groups attached to an aromatic ring is 1.